The van der Waals surface area contributed by atoms with Crippen LogP contribution in [-0.2, 0) is 14.3 Å². The maximum absolute atomic E-state index is 11.2. The minimum Gasteiger partial charge on any atom is -0.478 e. The van der Waals surface area contributed by atoms with E-state index in [9.17, 15) is 9.59 Å². The topological polar surface area (TPSA) is 63.6 Å². The van der Waals surface area contributed by atoms with Crippen LogP contribution >= 0.6 is 0 Å². The average Bonchev–Trinajstić information content (AvgIpc) is 2.36. The molecule has 0 atom stereocenters. The van der Waals surface area contributed by atoms with Crippen LogP contribution in [0, 0.1) is 11.8 Å². The van der Waals surface area contributed by atoms with Crippen molar-refractivity contribution in [2.75, 3.05) is 6.61 Å². The van der Waals surface area contributed by atoms with Crippen LogP contribution in [0.3, 0.4) is 0 Å². The summed E-state index contributed by atoms with van der Waals surface area (Å²) in [6.07, 6.45) is 8.98. The van der Waals surface area contributed by atoms with Gasteiger partial charge in [-0.25, -0.2) is 9.59 Å². The van der Waals surface area contributed by atoms with Gasteiger partial charge in [-0.1, -0.05) is 32.6 Å². The van der Waals surface area contributed by atoms with Crippen LogP contribution in [0.5, 0.6) is 0 Å². The lowest BCUT2D eigenvalue weighted by Gasteiger charge is -2.27. The van der Waals surface area contributed by atoms with E-state index in [-0.39, 0.29) is 0 Å². The molecule has 0 spiro atoms. The molecule has 0 heterocycles. The number of ether oxygens (including phenoxy) is 1. The van der Waals surface area contributed by atoms with Gasteiger partial charge in [-0.3, -0.25) is 0 Å². The third-order valence-corrected chi connectivity index (χ3v) is 3.49. The van der Waals surface area contributed by atoms with Gasteiger partial charge in [-0.2, -0.15) is 0 Å². The maximum atomic E-state index is 11.2. The molecule has 1 fully saturated rings. The SMILES string of the molecule is CCCC1CCC(COC(=O)/C=C/C(=O)O)CC1. The lowest BCUT2D eigenvalue weighted by Crippen LogP contribution is -2.20. The van der Waals surface area contributed by atoms with Gasteiger partial charge < -0.3 is 9.84 Å². The Bertz CT molecular complexity index is 301. The molecule has 0 aliphatic heterocycles. The zero-order valence-corrected chi connectivity index (χ0v) is 10.9. The predicted octanol–water partition coefficient (Wildman–Crippen LogP) is 2.78. The van der Waals surface area contributed by atoms with Crippen LogP contribution in [0.1, 0.15) is 45.4 Å². The number of rotatable bonds is 6. The van der Waals surface area contributed by atoms with Crippen molar-refractivity contribution >= 4 is 11.9 Å². The van der Waals surface area contributed by atoms with Gasteiger partial charge in [0.05, 0.1) is 6.61 Å². The zero-order valence-electron chi connectivity index (χ0n) is 10.9. The Labute approximate surface area is 108 Å². The molecule has 0 aromatic rings. The van der Waals surface area contributed by atoms with E-state index in [1.165, 1.54) is 25.7 Å². The average molecular weight is 254 g/mol. The molecule has 1 aliphatic carbocycles. The second kappa shape index (κ2) is 7.90. The van der Waals surface area contributed by atoms with Crippen LogP contribution < -0.4 is 0 Å². The largest absolute Gasteiger partial charge is 0.478 e. The van der Waals surface area contributed by atoms with Crippen molar-refractivity contribution in [3.05, 3.63) is 12.2 Å². The standard InChI is InChI=1S/C14H22O4/c1-2-3-11-4-6-12(7-5-11)10-18-14(17)9-8-13(15)16/h8-9,11-12H,2-7,10H2,1H3,(H,15,16)/b9-8+. The Morgan fingerprint density at radius 2 is 1.78 bits per heavy atom. The fraction of sp³-hybridized carbons (Fsp3) is 0.714. The number of aliphatic carboxylic acids is 1. The molecule has 4 nitrogen and oxygen atoms in total. The molecular formula is C14H22O4. The van der Waals surface area contributed by atoms with Crippen LogP contribution in [-0.4, -0.2) is 23.7 Å². The van der Waals surface area contributed by atoms with E-state index in [1.807, 2.05) is 0 Å². The number of carbonyl (C=O) groups is 2. The minimum absolute atomic E-state index is 0.418. The minimum atomic E-state index is -1.13. The van der Waals surface area contributed by atoms with Crippen molar-refractivity contribution in [3.8, 4) is 0 Å². The molecule has 0 aromatic heterocycles. The van der Waals surface area contributed by atoms with E-state index in [1.54, 1.807) is 0 Å². The molecule has 102 valence electrons. The predicted molar refractivity (Wildman–Crippen MR) is 68.1 cm³/mol. The van der Waals surface area contributed by atoms with Crippen LogP contribution in [0.2, 0.25) is 0 Å². The highest BCUT2D eigenvalue weighted by molar-refractivity contribution is 5.90. The fourth-order valence-corrected chi connectivity index (χ4v) is 2.48. The van der Waals surface area contributed by atoms with Gasteiger partial charge in [0.1, 0.15) is 0 Å². The van der Waals surface area contributed by atoms with Crippen molar-refractivity contribution < 1.29 is 19.4 Å². The number of hydrogen-bond acceptors (Lipinski definition) is 3. The summed E-state index contributed by atoms with van der Waals surface area (Å²) in [6.45, 7) is 2.63. The summed E-state index contributed by atoms with van der Waals surface area (Å²) in [5.41, 5.74) is 0. The number of carboxylic acid groups (broad SMARTS) is 1. The number of hydrogen-bond donors (Lipinski definition) is 1. The number of esters is 1. The summed E-state index contributed by atoms with van der Waals surface area (Å²) >= 11 is 0. The highest BCUT2D eigenvalue weighted by atomic mass is 16.5. The van der Waals surface area contributed by atoms with E-state index in [0.29, 0.717) is 12.5 Å². The number of carboxylic acids is 1. The quantitative estimate of drug-likeness (QED) is 0.584. The van der Waals surface area contributed by atoms with Crippen molar-refractivity contribution in [2.24, 2.45) is 11.8 Å². The molecule has 1 N–H and O–H groups in total. The highest BCUT2D eigenvalue weighted by Crippen LogP contribution is 2.31. The van der Waals surface area contributed by atoms with Crippen molar-refractivity contribution in [1.82, 2.24) is 0 Å². The molecule has 18 heavy (non-hydrogen) atoms. The summed E-state index contributed by atoms with van der Waals surface area (Å²) < 4.78 is 5.04. The summed E-state index contributed by atoms with van der Waals surface area (Å²) in [4.78, 5) is 21.4. The molecule has 4 heteroatoms. The van der Waals surface area contributed by atoms with E-state index < -0.39 is 11.9 Å². The highest BCUT2D eigenvalue weighted by Gasteiger charge is 2.21. The molecule has 0 saturated heterocycles. The van der Waals surface area contributed by atoms with Crippen molar-refractivity contribution in [2.45, 2.75) is 45.4 Å². The van der Waals surface area contributed by atoms with Gasteiger partial charge in [-0.05, 0) is 24.7 Å². The molecule has 1 rings (SSSR count). The van der Waals surface area contributed by atoms with Gasteiger partial charge in [0, 0.05) is 12.2 Å². The van der Waals surface area contributed by atoms with Gasteiger partial charge in [0.15, 0.2) is 0 Å². The molecule has 0 amide bonds. The first kappa shape index (κ1) is 14.7. The van der Waals surface area contributed by atoms with E-state index >= 15 is 0 Å². The number of carbonyl (C=O) groups excluding carboxylic acids is 1. The van der Waals surface area contributed by atoms with E-state index in [4.69, 9.17) is 9.84 Å². The fourth-order valence-electron chi connectivity index (χ4n) is 2.48. The second-order valence-electron chi connectivity index (χ2n) is 4.98. The molecule has 1 saturated carbocycles. The van der Waals surface area contributed by atoms with Crippen molar-refractivity contribution in [3.63, 3.8) is 0 Å². The molecule has 0 unspecified atom stereocenters. The molecular weight excluding hydrogens is 232 g/mol. The first-order valence-electron chi connectivity index (χ1n) is 6.69. The van der Waals surface area contributed by atoms with Crippen LogP contribution in [0.4, 0.5) is 0 Å². The second-order valence-corrected chi connectivity index (χ2v) is 4.98. The van der Waals surface area contributed by atoms with Gasteiger partial charge in [-0.15, -0.1) is 0 Å². The van der Waals surface area contributed by atoms with E-state index in [0.717, 1.165) is 30.9 Å². The lowest BCUT2D eigenvalue weighted by atomic mass is 9.80. The van der Waals surface area contributed by atoms with Crippen LogP contribution in [0.25, 0.3) is 0 Å². The third-order valence-electron chi connectivity index (χ3n) is 3.49. The maximum Gasteiger partial charge on any atom is 0.331 e. The van der Waals surface area contributed by atoms with Crippen molar-refractivity contribution in [1.29, 1.82) is 0 Å². The summed E-state index contributed by atoms with van der Waals surface area (Å²) in [5, 5.41) is 8.36. The Balaban J connectivity index is 2.17. The smallest absolute Gasteiger partial charge is 0.331 e. The normalized spacial score (nSPS) is 24.1. The van der Waals surface area contributed by atoms with Gasteiger partial charge in [0.2, 0.25) is 0 Å². The van der Waals surface area contributed by atoms with Gasteiger partial charge >= 0.3 is 11.9 Å². The third kappa shape index (κ3) is 5.84. The van der Waals surface area contributed by atoms with Crippen LogP contribution in [0.15, 0.2) is 12.2 Å². The zero-order chi connectivity index (χ0) is 13.4. The first-order chi connectivity index (χ1) is 8.61. The molecule has 0 radical (unpaired) electrons. The summed E-state index contributed by atoms with van der Waals surface area (Å²) in [7, 11) is 0. The lowest BCUT2D eigenvalue weighted by molar-refractivity contribution is -0.140. The summed E-state index contributed by atoms with van der Waals surface area (Å²) in [6, 6.07) is 0. The van der Waals surface area contributed by atoms with E-state index in [2.05, 4.69) is 6.92 Å². The summed E-state index contributed by atoms with van der Waals surface area (Å²) in [5.74, 6) is -0.408. The van der Waals surface area contributed by atoms with Gasteiger partial charge in [0.25, 0.3) is 0 Å². The Morgan fingerprint density at radius 1 is 1.17 bits per heavy atom. The molecule has 0 bridgehead atoms. The molecule has 0 aromatic carbocycles. The Kier molecular flexibility index (Phi) is 6.47. The Morgan fingerprint density at radius 3 is 2.33 bits per heavy atom. The Hall–Kier alpha value is -1.32. The monoisotopic (exact) mass is 254 g/mol. The first-order valence-corrected chi connectivity index (χ1v) is 6.69. The molecule has 1 aliphatic rings.